The van der Waals surface area contributed by atoms with Crippen LogP contribution < -0.4 is 11.1 Å². The third-order valence-corrected chi connectivity index (χ3v) is 3.41. The van der Waals surface area contributed by atoms with E-state index in [4.69, 9.17) is 5.73 Å². The minimum atomic E-state index is -0.223. The quantitative estimate of drug-likeness (QED) is 0.832. The van der Waals surface area contributed by atoms with E-state index in [0.717, 1.165) is 37.2 Å². The molecule has 1 aromatic rings. The SMILES string of the molecule is CNc1ccnc(CN2CCCCC2C(N)=O)c1. The van der Waals surface area contributed by atoms with Crippen LogP contribution in [0.5, 0.6) is 0 Å². The monoisotopic (exact) mass is 248 g/mol. The summed E-state index contributed by atoms with van der Waals surface area (Å²) in [7, 11) is 1.88. The molecule has 1 aliphatic rings. The summed E-state index contributed by atoms with van der Waals surface area (Å²) >= 11 is 0. The van der Waals surface area contributed by atoms with Crippen LogP contribution in [0.15, 0.2) is 18.3 Å². The molecule has 2 heterocycles. The van der Waals surface area contributed by atoms with Crippen molar-refractivity contribution in [2.24, 2.45) is 5.73 Å². The first-order valence-electron chi connectivity index (χ1n) is 6.37. The van der Waals surface area contributed by atoms with Crippen LogP contribution >= 0.6 is 0 Å². The Morgan fingerprint density at radius 1 is 1.61 bits per heavy atom. The van der Waals surface area contributed by atoms with Crippen molar-refractivity contribution in [2.45, 2.75) is 31.8 Å². The number of aromatic nitrogens is 1. The Hall–Kier alpha value is -1.62. The molecule has 0 spiro atoms. The molecular weight excluding hydrogens is 228 g/mol. The van der Waals surface area contributed by atoms with Gasteiger partial charge in [0, 0.05) is 25.5 Å². The standard InChI is InChI=1S/C13H20N4O/c1-15-10-5-6-16-11(8-10)9-17-7-3-2-4-12(17)13(14)18/h5-6,8,12H,2-4,7,9H2,1H3,(H2,14,18)(H,15,16). The van der Waals surface area contributed by atoms with Gasteiger partial charge in [0.25, 0.3) is 0 Å². The Bertz CT molecular complexity index is 421. The number of nitrogens with zero attached hydrogens (tertiary/aromatic N) is 2. The van der Waals surface area contributed by atoms with Gasteiger partial charge >= 0.3 is 0 Å². The molecule has 1 aromatic heterocycles. The Labute approximate surface area is 107 Å². The molecule has 1 aliphatic heterocycles. The van der Waals surface area contributed by atoms with Crippen LogP contribution in [0.1, 0.15) is 25.0 Å². The maximum Gasteiger partial charge on any atom is 0.234 e. The summed E-state index contributed by atoms with van der Waals surface area (Å²) in [5.41, 5.74) is 7.46. The molecule has 0 aliphatic carbocycles. The van der Waals surface area contributed by atoms with Gasteiger partial charge in [-0.05, 0) is 31.5 Å². The lowest BCUT2D eigenvalue weighted by Crippen LogP contribution is -2.47. The lowest BCUT2D eigenvalue weighted by atomic mass is 10.0. The highest BCUT2D eigenvalue weighted by atomic mass is 16.1. The molecule has 1 saturated heterocycles. The normalized spacial score (nSPS) is 20.6. The molecule has 1 atom stereocenters. The number of nitrogens with two attached hydrogens (primary N) is 1. The van der Waals surface area contributed by atoms with Crippen molar-refractivity contribution in [2.75, 3.05) is 18.9 Å². The molecular formula is C13H20N4O. The number of anilines is 1. The van der Waals surface area contributed by atoms with Crippen molar-refractivity contribution in [1.29, 1.82) is 0 Å². The number of pyridine rings is 1. The average molecular weight is 248 g/mol. The highest BCUT2D eigenvalue weighted by Gasteiger charge is 2.26. The van der Waals surface area contributed by atoms with Crippen molar-refractivity contribution in [3.8, 4) is 0 Å². The van der Waals surface area contributed by atoms with Gasteiger partial charge in [0.1, 0.15) is 0 Å². The van der Waals surface area contributed by atoms with Crippen LogP contribution in [0.25, 0.3) is 0 Å². The second-order valence-corrected chi connectivity index (χ2v) is 4.67. The van der Waals surface area contributed by atoms with Crippen LogP contribution in [0.2, 0.25) is 0 Å². The number of amides is 1. The van der Waals surface area contributed by atoms with Crippen LogP contribution in [0, 0.1) is 0 Å². The van der Waals surface area contributed by atoms with Gasteiger partial charge in [0.05, 0.1) is 11.7 Å². The fraction of sp³-hybridized carbons (Fsp3) is 0.538. The predicted molar refractivity (Wildman–Crippen MR) is 71.0 cm³/mol. The van der Waals surface area contributed by atoms with Crippen molar-refractivity contribution in [3.05, 3.63) is 24.0 Å². The van der Waals surface area contributed by atoms with E-state index in [9.17, 15) is 4.79 Å². The lowest BCUT2D eigenvalue weighted by molar-refractivity contribution is -0.124. The molecule has 5 heteroatoms. The van der Waals surface area contributed by atoms with Gasteiger partial charge in [-0.15, -0.1) is 0 Å². The van der Waals surface area contributed by atoms with Gasteiger partial charge in [0.2, 0.25) is 5.91 Å². The van der Waals surface area contributed by atoms with E-state index in [-0.39, 0.29) is 11.9 Å². The molecule has 0 aromatic carbocycles. The van der Waals surface area contributed by atoms with E-state index in [2.05, 4.69) is 15.2 Å². The smallest absolute Gasteiger partial charge is 0.234 e. The van der Waals surface area contributed by atoms with Crippen molar-refractivity contribution >= 4 is 11.6 Å². The maximum atomic E-state index is 11.4. The molecule has 0 bridgehead atoms. The molecule has 5 nitrogen and oxygen atoms in total. The topological polar surface area (TPSA) is 71.2 Å². The highest BCUT2D eigenvalue weighted by molar-refractivity contribution is 5.79. The van der Waals surface area contributed by atoms with Gasteiger partial charge in [-0.25, -0.2) is 0 Å². The Balaban J connectivity index is 2.08. The number of primary amides is 1. The molecule has 1 amide bonds. The molecule has 0 radical (unpaired) electrons. The summed E-state index contributed by atoms with van der Waals surface area (Å²) in [6, 6.07) is 3.79. The van der Waals surface area contributed by atoms with E-state index >= 15 is 0 Å². The minimum absolute atomic E-state index is 0.140. The van der Waals surface area contributed by atoms with Crippen molar-refractivity contribution in [1.82, 2.24) is 9.88 Å². The van der Waals surface area contributed by atoms with E-state index in [1.165, 1.54) is 0 Å². The number of carbonyl (C=O) groups excluding carboxylic acids is 1. The lowest BCUT2D eigenvalue weighted by Gasteiger charge is -2.33. The third-order valence-electron chi connectivity index (χ3n) is 3.41. The van der Waals surface area contributed by atoms with Crippen molar-refractivity contribution in [3.63, 3.8) is 0 Å². The summed E-state index contributed by atoms with van der Waals surface area (Å²) in [6.45, 7) is 1.60. The number of carbonyl (C=O) groups is 1. The van der Waals surface area contributed by atoms with E-state index in [1.807, 2.05) is 19.2 Å². The van der Waals surface area contributed by atoms with Gasteiger partial charge in [-0.2, -0.15) is 0 Å². The van der Waals surface area contributed by atoms with Gasteiger partial charge in [-0.3, -0.25) is 14.7 Å². The number of nitrogens with one attached hydrogen (secondary N) is 1. The van der Waals surface area contributed by atoms with E-state index < -0.39 is 0 Å². The van der Waals surface area contributed by atoms with E-state index in [1.54, 1.807) is 6.20 Å². The maximum absolute atomic E-state index is 11.4. The number of likely N-dealkylation sites (tertiary alicyclic amines) is 1. The zero-order chi connectivity index (χ0) is 13.0. The first-order chi connectivity index (χ1) is 8.70. The molecule has 2 rings (SSSR count). The van der Waals surface area contributed by atoms with Crippen molar-refractivity contribution < 1.29 is 4.79 Å². The Morgan fingerprint density at radius 3 is 3.17 bits per heavy atom. The fourth-order valence-electron chi connectivity index (χ4n) is 2.43. The Morgan fingerprint density at radius 2 is 2.44 bits per heavy atom. The summed E-state index contributed by atoms with van der Waals surface area (Å²) in [5, 5.41) is 3.09. The van der Waals surface area contributed by atoms with Gasteiger partial charge in [0.15, 0.2) is 0 Å². The van der Waals surface area contributed by atoms with E-state index in [0.29, 0.717) is 6.54 Å². The van der Waals surface area contributed by atoms with Crippen LogP contribution in [-0.4, -0.2) is 35.4 Å². The van der Waals surface area contributed by atoms with Gasteiger partial charge in [-0.1, -0.05) is 6.42 Å². The number of rotatable bonds is 4. The molecule has 18 heavy (non-hydrogen) atoms. The molecule has 1 fully saturated rings. The molecule has 1 unspecified atom stereocenters. The predicted octanol–water partition coefficient (Wildman–Crippen LogP) is 0.963. The van der Waals surface area contributed by atoms with Crippen LogP contribution in [0.3, 0.4) is 0 Å². The summed E-state index contributed by atoms with van der Waals surface area (Å²) < 4.78 is 0. The second kappa shape index (κ2) is 5.82. The Kier molecular flexibility index (Phi) is 4.15. The highest BCUT2D eigenvalue weighted by Crippen LogP contribution is 2.19. The van der Waals surface area contributed by atoms with Crippen LogP contribution in [0.4, 0.5) is 5.69 Å². The largest absolute Gasteiger partial charge is 0.388 e. The average Bonchev–Trinajstić information content (AvgIpc) is 2.39. The second-order valence-electron chi connectivity index (χ2n) is 4.67. The molecule has 3 N–H and O–H groups in total. The van der Waals surface area contributed by atoms with Gasteiger partial charge < -0.3 is 11.1 Å². The first-order valence-corrected chi connectivity index (χ1v) is 6.37. The molecule has 0 saturated carbocycles. The molecule has 98 valence electrons. The summed E-state index contributed by atoms with van der Waals surface area (Å²) in [4.78, 5) is 17.9. The van der Waals surface area contributed by atoms with Crippen LogP contribution in [-0.2, 0) is 11.3 Å². The first kappa shape index (κ1) is 12.8. The summed E-state index contributed by atoms with van der Waals surface area (Å²) in [6.07, 6.45) is 4.84. The summed E-state index contributed by atoms with van der Waals surface area (Å²) in [5.74, 6) is -0.223. The zero-order valence-electron chi connectivity index (χ0n) is 10.7. The zero-order valence-corrected chi connectivity index (χ0v) is 10.7. The minimum Gasteiger partial charge on any atom is -0.388 e. The number of hydrogen-bond donors (Lipinski definition) is 2. The fourth-order valence-corrected chi connectivity index (χ4v) is 2.43. The number of piperidine rings is 1. The third kappa shape index (κ3) is 2.98. The number of hydrogen-bond acceptors (Lipinski definition) is 4.